The zero-order valence-electron chi connectivity index (χ0n) is 13.5. The number of fused-ring (bicyclic) bond motifs is 1. The van der Waals surface area contributed by atoms with Crippen LogP contribution in [0, 0.1) is 23.7 Å². The number of carbonyl (C=O) groups is 2. The summed E-state index contributed by atoms with van der Waals surface area (Å²) >= 11 is 0. The number of carbonyl (C=O) groups excluding carboxylic acids is 2. The molecule has 1 saturated heterocycles. The number of hydrogen-bond acceptors (Lipinski definition) is 4. The molecule has 1 aliphatic carbocycles. The number of rotatable bonds is 4. The summed E-state index contributed by atoms with van der Waals surface area (Å²) in [7, 11) is 0. The topological polar surface area (TPSA) is 52.6 Å². The van der Waals surface area contributed by atoms with E-state index in [1.54, 1.807) is 6.92 Å². The summed E-state index contributed by atoms with van der Waals surface area (Å²) in [5.74, 6) is 0.998. The van der Waals surface area contributed by atoms with Crippen molar-refractivity contribution in [2.24, 2.45) is 17.8 Å². The van der Waals surface area contributed by atoms with Crippen LogP contribution in [0.3, 0.4) is 0 Å². The molecular weight excluding hydrogens is 342 g/mol. The van der Waals surface area contributed by atoms with Crippen molar-refractivity contribution in [2.45, 2.75) is 52.4 Å². The molecule has 2 fully saturated rings. The van der Waals surface area contributed by atoms with Gasteiger partial charge in [-0.1, -0.05) is 26.2 Å². The van der Waals surface area contributed by atoms with Gasteiger partial charge in [0.1, 0.15) is 6.61 Å². The molecule has 4 nitrogen and oxygen atoms in total. The van der Waals surface area contributed by atoms with Crippen LogP contribution in [0.25, 0.3) is 0 Å². The van der Waals surface area contributed by atoms with Crippen LogP contribution in [-0.2, 0) is 19.1 Å². The molecule has 2 aliphatic rings. The van der Waals surface area contributed by atoms with Gasteiger partial charge in [0.2, 0.25) is 0 Å². The zero-order valence-corrected chi connectivity index (χ0v) is 18.4. The van der Waals surface area contributed by atoms with Gasteiger partial charge in [-0.15, -0.1) is 0 Å². The summed E-state index contributed by atoms with van der Waals surface area (Å²) in [4.78, 5) is 23.7. The van der Waals surface area contributed by atoms with Crippen molar-refractivity contribution in [3.8, 4) is 0 Å². The van der Waals surface area contributed by atoms with E-state index < -0.39 is 0 Å². The fourth-order valence-electron chi connectivity index (χ4n) is 3.16. The Balaban J connectivity index is 0.00000220. The maximum atomic E-state index is 12.0. The van der Waals surface area contributed by atoms with Crippen molar-refractivity contribution in [2.75, 3.05) is 13.2 Å². The van der Waals surface area contributed by atoms with Crippen LogP contribution in [0.15, 0.2) is 0 Å². The van der Waals surface area contributed by atoms with Gasteiger partial charge in [0.15, 0.2) is 5.97 Å². The molecule has 21 heavy (non-hydrogen) atoms. The summed E-state index contributed by atoms with van der Waals surface area (Å²) < 4.78 is 10.6. The Morgan fingerprint density at radius 2 is 2.00 bits per heavy atom. The average Bonchev–Trinajstić information content (AvgIpc) is 2.63. The molecule has 0 aromatic carbocycles. The minimum Gasteiger partial charge on any atom is -0.487 e. The molecule has 0 aromatic rings. The minimum absolute atomic E-state index is 0. The van der Waals surface area contributed by atoms with Gasteiger partial charge >= 0.3 is 64.2 Å². The quantitative estimate of drug-likeness (QED) is 0.515. The van der Waals surface area contributed by atoms with Crippen molar-refractivity contribution >= 4 is 11.9 Å². The van der Waals surface area contributed by atoms with E-state index in [0.717, 1.165) is 12.8 Å². The van der Waals surface area contributed by atoms with E-state index in [9.17, 15) is 9.59 Å². The summed E-state index contributed by atoms with van der Waals surface area (Å²) in [5.41, 5.74) is 0. The van der Waals surface area contributed by atoms with Gasteiger partial charge in [-0.2, -0.15) is 13.3 Å². The molecule has 0 spiro atoms. The fourth-order valence-corrected chi connectivity index (χ4v) is 3.16. The molecule has 0 amide bonds. The SMILES string of the molecule is CC[C-](C)C(=O)OCC1CC2CCCCC2COC1=O.[Rb+]. The first-order valence-electron chi connectivity index (χ1n) is 7.78. The maximum Gasteiger partial charge on any atom is 1.00 e. The molecule has 3 atom stereocenters. The van der Waals surface area contributed by atoms with E-state index in [1.165, 1.54) is 19.3 Å². The number of ether oxygens (including phenoxy) is 2. The predicted octanol–water partition coefficient (Wildman–Crippen LogP) is -0.0925. The number of cyclic esters (lactones) is 1. The van der Waals surface area contributed by atoms with Crippen molar-refractivity contribution in [3.05, 3.63) is 5.92 Å². The van der Waals surface area contributed by atoms with Crippen molar-refractivity contribution in [3.63, 3.8) is 0 Å². The summed E-state index contributed by atoms with van der Waals surface area (Å²) in [5, 5.41) is 0. The van der Waals surface area contributed by atoms with E-state index >= 15 is 0 Å². The van der Waals surface area contributed by atoms with Crippen molar-refractivity contribution < 1.29 is 77.3 Å². The van der Waals surface area contributed by atoms with Gasteiger partial charge in [-0.3, -0.25) is 15.5 Å². The zero-order chi connectivity index (χ0) is 14.5. The summed E-state index contributed by atoms with van der Waals surface area (Å²) in [6.45, 7) is 4.40. The van der Waals surface area contributed by atoms with Crippen LogP contribution in [0.4, 0.5) is 0 Å². The van der Waals surface area contributed by atoms with Gasteiger partial charge in [0, 0.05) is 0 Å². The van der Waals surface area contributed by atoms with E-state index in [4.69, 9.17) is 9.47 Å². The number of hydrogen-bond donors (Lipinski definition) is 0. The molecule has 1 heterocycles. The Morgan fingerprint density at radius 1 is 1.33 bits per heavy atom. The second-order valence-electron chi connectivity index (χ2n) is 6.10. The van der Waals surface area contributed by atoms with Gasteiger partial charge in [-0.25, -0.2) is 0 Å². The average molecular weight is 367 g/mol. The molecule has 1 saturated carbocycles. The molecule has 0 radical (unpaired) electrons. The molecule has 2 rings (SSSR count). The first-order valence-corrected chi connectivity index (χ1v) is 7.78. The smallest absolute Gasteiger partial charge is 0.487 e. The molecule has 0 N–H and O–H groups in total. The molecule has 1 aliphatic heterocycles. The standard InChI is InChI=1S/C16H25O4.Rb/c1-3-11(2)15(17)19-10-14-8-12-6-4-5-7-13(12)9-20-16(14)18;/h12-14H,3-10H2,1-2H3;/q-1;+1. The van der Waals surface area contributed by atoms with Crippen LogP contribution >= 0.6 is 0 Å². The largest absolute Gasteiger partial charge is 1.00 e. The van der Waals surface area contributed by atoms with Gasteiger partial charge in [0.05, 0.1) is 12.5 Å². The van der Waals surface area contributed by atoms with Crippen LogP contribution in [0.2, 0.25) is 0 Å². The summed E-state index contributed by atoms with van der Waals surface area (Å²) in [6, 6.07) is 0. The monoisotopic (exact) mass is 366 g/mol. The predicted molar refractivity (Wildman–Crippen MR) is 74.7 cm³/mol. The Labute approximate surface area is 176 Å². The molecule has 114 valence electrons. The Morgan fingerprint density at radius 3 is 2.67 bits per heavy atom. The Kier molecular flexibility index (Phi) is 9.07. The summed E-state index contributed by atoms with van der Waals surface area (Å²) in [6.07, 6.45) is 6.30. The molecule has 3 unspecified atom stereocenters. The van der Waals surface area contributed by atoms with Crippen LogP contribution in [-0.4, -0.2) is 25.2 Å². The molecule has 0 aromatic heterocycles. The van der Waals surface area contributed by atoms with E-state index in [-0.39, 0.29) is 82.7 Å². The second-order valence-corrected chi connectivity index (χ2v) is 6.10. The van der Waals surface area contributed by atoms with Gasteiger partial charge < -0.3 is 9.47 Å². The van der Waals surface area contributed by atoms with Gasteiger partial charge in [0.25, 0.3) is 0 Å². The van der Waals surface area contributed by atoms with Crippen molar-refractivity contribution in [1.82, 2.24) is 0 Å². The maximum absolute atomic E-state index is 12.0. The van der Waals surface area contributed by atoms with Crippen LogP contribution in [0.1, 0.15) is 52.4 Å². The first kappa shape index (κ1) is 19.7. The van der Waals surface area contributed by atoms with E-state index in [2.05, 4.69) is 0 Å². The first-order chi connectivity index (χ1) is 9.61. The van der Waals surface area contributed by atoms with E-state index in [0.29, 0.717) is 30.8 Å². The normalized spacial score (nSPS) is 28.5. The third-order valence-corrected chi connectivity index (χ3v) is 4.72. The third kappa shape index (κ3) is 5.63. The van der Waals surface area contributed by atoms with E-state index in [1.807, 2.05) is 6.92 Å². The molecule has 0 bridgehead atoms. The fraction of sp³-hybridized carbons (Fsp3) is 0.812. The second kappa shape index (κ2) is 9.69. The van der Waals surface area contributed by atoms with Crippen molar-refractivity contribution in [1.29, 1.82) is 0 Å². The van der Waals surface area contributed by atoms with Crippen LogP contribution in [0.5, 0.6) is 0 Å². The van der Waals surface area contributed by atoms with Gasteiger partial charge in [-0.05, 0) is 24.7 Å². The molecule has 5 heteroatoms. The Bertz CT molecular complexity index is 358. The molecular formula is C16H25O4Rb. The van der Waals surface area contributed by atoms with Crippen LogP contribution < -0.4 is 58.2 Å². The number of esters is 2. The Hall–Kier alpha value is 0.615. The minimum atomic E-state index is -0.287. The third-order valence-electron chi connectivity index (χ3n) is 4.72.